The van der Waals surface area contributed by atoms with E-state index >= 15 is 0 Å². The van der Waals surface area contributed by atoms with Crippen LogP contribution in [0.4, 0.5) is 4.79 Å². The number of carbonyl (C=O) groups is 2. The predicted octanol–water partition coefficient (Wildman–Crippen LogP) is 1.62. The van der Waals surface area contributed by atoms with E-state index in [1.807, 2.05) is 0 Å². The van der Waals surface area contributed by atoms with Crippen molar-refractivity contribution in [1.82, 2.24) is 10.2 Å². The molecule has 26 heavy (non-hydrogen) atoms. The summed E-state index contributed by atoms with van der Waals surface area (Å²) in [5, 5.41) is 2.95. The Morgan fingerprint density at radius 3 is 2.35 bits per heavy atom. The van der Waals surface area contributed by atoms with Gasteiger partial charge in [-0.25, -0.2) is 13.2 Å². The molecule has 0 bridgehead atoms. The van der Waals surface area contributed by atoms with E-state index in [0.717, 1.165) is 18.4 Å². The van der Waals surface area contributed by atoms with Gasteiger partial charge in [0.2, 0.25) is 5.91 Å². The van der Waals surface area contributed by atoms with Crippen LogP contribution in [0.2, 0.25) is 0 Å². The maximum absolute atomic E-state index is 12.0. The zero-order valence-electron chi connectivity index (χ0n) is 15.2. The van der Waals surface area contributed by atoms with Crippen LogP contribution in [0.1, 0.15) is 24.8 Å². The van der Waals surface area contributed by atoms with E-state index in [0.29, 0.717) is 38.4 Å². The first-order chi connectivity index (χ1) is 12.3. The number of nitrogens with one attached hydrogen (secondary N) is 1. The third-order valence-electron chi connectivity index (χ3n) is 4.63. The lowest BCUT2D eigenvalue weighted by Crippen LogP contribution is -2.41. The summed E-state index contributed by atoms with van der Waals surface area (Å²) in [5.41, 5.74) is 0.930. The van der Waals surface area contributed by atoms with Gasteiger partial charge in [-0.3, -0.25) is 4.79 Å². The Balaban J connectivity index is 1.69. The molecular formula is C18H26N2O5S. The lowest BCUT2D eigenvalue weighted by Gasteiger charge is -2.30. The molecule has 1 aliphatic rings. The molecule has 0 spiro atoms. The Bertz CT molecular complexity index is 722. The number of aryl methyl sites for hydroxylation is 1. The minimum atomic E-state index is -3.19. The molecule has 0 radical (unpaired) electrons. The Labute approximate surface area is 154 Å². The van der Waals surface area contributed by atoms with Crippen LogP contribution in [-0.2, 0) is 25.8 Å². The molecule has 144 valence electrons. The quantitative estimate of drug-likeness (QED) is 0.807. The number of likely N-dealkylation sites (tertiary alicyclic amines) is 1. The van der Waals surface area contributed by atoms with Crippen LogP contribution in [0.25, 0.3) is 0 Å². The lowest BCUT2D eigenvalue weighted by molar-refractivity contribution is -0.121. The van der Waals surface area contributed by atoms with Crippen LogP contribution in [-0.4, -0.2) is 58.3 Å². The second-order valence-electron chi connectivity index (χ2n) is 6.62. The van der Waals surface area contributed by atoms with E-state index < -0.39 is 9.84 Å². The van der Waals surface area contributed by atoms with Gasteiger partial charge in [0.05, 0.1) is 12.0 Å². The van der Waals surface area contributed by atoms with Crippen molar-refractivity contribution < 1.29 is 22.7 Å². The smallest absolute Gasteiger partial charge is 0.409 e. The SMILES string of the molecule is COC(=O)N1CCC(CNC(=O)CCc2ccc(S(C)(=O)=O)cc2)CC1. The van der Waals surface area contributed by atoms with Gasteiger partial charge in [0.15, 0.2) is 9.84 Å². The van der Waals surface area contributed by atoms with Crippen LogP contribution in [0.15, 0.2) is 29.2 Å². The summed E-state index contributed by atoms with van der Waals surface area (Å²) in [6.45, 7) is 1.92. The Kier molecular flexibility index (Phi) is 7.02. The summed E-state index contributed by atoms with van der Waals surface area (Å²) >= 11 is 0. The van der Waals surface area contributed by atoms with E-state index in [4.69, 9.17) is 4.74 Å². The maximum atomic E-state index is 12.0. The first kappa shape index (κ1) is 20.2. The summed E-state index contributed by atoms with van der Waals surface area (Å²) in [5.74, 6) is 0.349. The topological polar surface area (TPSA) is 92.8 Å². The predicted molar refractivity (Wildman–Crippen MR) is 97.6 cm³/mol. The molecule has 1 aromatic carbocycles. The minimum absolute atomic E-state index is 0.0208. The Morgan fingerprint density at radius 1 is 1.19 bits per heavy atom. The Hall–Kier alpha value is -2.09. The average Bonchev–Trinajstić information content (AvgIpc) is 2.64. The highest BCUT2D eigenvalue weighted by atomic mass is 32.2. The van der Waals surface area contributed by atoms with Gasteiger partial charge in [-0.2, -0.15) is 0 Å². The van der Waals surface area contributed by atoms with Crippen molar-refractivity contribution in [2.45, 2.75) is 30.6 Å². The third-order valence-corrected chi connectivity index (χ3v) is 5.76. The van der Waals surface area contributed by atoms with Crippen LogP contribution >= 0.6 is 0 Å². The number of hydrogen-bond donors (Lipinski definition) is 1. The van der Waals surface area contributed by atoms with E-state index in [1.54, 1.807) is 29.2 Å². The van der Waals surface area contributed by atoms with Crippen molar-refractivity contribution in [2.75, 3.05) is 33.0 Å². The van der Waals surface area contributed by atoms with Crippen molar-refractivity contribution >= 4 is 21.8 Å². The molecule has 7 nitrogen and oxygen atoms in total. The number of rotatable bonds is 6. The van der Waals surface area contributed by atoms with Crippen molar-refractivity contribution in [3.63, 3.8) is 0 Å². The highest BCUT2D eigenvalue weighted by Crippen LogP contribution is 2.17. The van der Waals surface area contributed by atoms with E-state index in [1.165, 1.54) is 13.4 Å². The molecule has 2 amide bonds. The number of carbonyl (C=O) groups excluding carboxylic acids is 2. The molecule has 0 atom stereocenters. The number of sulfone groups is 1. The molecule has 0 saturated carbocycles. The number of hydrogen-bond acceptors (Lipinski definition) is 5. The van der Waals surface area contributed by atoms with Crippen molar-refractivity contribution in [1.29, 1.82) is 0 Å². The fraction of sp³-hybridized carbons (Fsp3) is 0.556. The number of piperidine rings is 1. The molecular weight excluding hydrogens is 356 g/mol. The van der Waals surface area contributed by atoms with Crippen molar-refractivity contribution in [3.8, 4) is 0 Å². The molecule has 0 aliphatic carbocycles. The van der Waals surface area contributed by atoms with Crippen LogP contribution in [0.5, 0.6) is 0 Å². The molecule has 1 saturated heterocycles. The van der Waals surface area contributed by atoms with E-state index in [9.17, 15) is 18.0 Å². The third kappa shape index (κ3) is 6.01. The molecule has 8 heteroatoms. The molecule has 1 aliphatic heterocycles. The number of benzene rings is 1. The molecule has 2 rings (SSSR count). The van der Waals surface area contributed by atoms with Crippen LogP contribution in [0.3, 0.4) is 0 Å². The van der Waals surface area contributed by atoms with Gasteiger partial charge in [-0.05, 0) is 42.9 Å². The van der Waals surface area contributed by atoms with Crippen LogP contribution in [0, 0.1) is 5.92 Å². The van der Waals surface area contributed by atoms with Gasteiger partial charge in [0, 0.05) is 32.3 Å². The summed E-state index contributed by atoms with van der Waals surface area (Å²) in [6, 6.07) is 6.62. The fourth-order valence-corrected chi connectivity index (χ4v) is 3.59. The number of nitrogens with zero attached hydrogens (tertiary/aromatic N) is 1. The number of ether oxygens (including phenoxy) is 1. The summed E-state index contributed by atoms with van der Waals surface area (Å²) in [6.07, 6.45) is 3.50. The zero-order valence-corrected chi connectivity index (χ0v) is 16.0. The lowest BCUT2D eigenvalue weighted by atomic mass is 9.97. The number of amides is 2. The first-order valence-electron chi connectivity index (χ1n) is 8.68. The normalized spacial score (nSPS) is 15.5. The molecule has 1 aromatic rings. The standard InChI is InChI=1S/C18H26N2O5S/c1-25-18(22)20-11-9-15(10-12-20)13-19-17(21)8-5-14-3-6-16(7-4-14)26(2,23)24/h3-4,6-7,15H,5,8-13H2,1-2H3,(H,19,21). The maximum Gasteiger partial charge on any atom is 0.409 e. The fourth-order valence-electron chi connectivity index (χ4n) is 2.96. The summed E-state index contributed by atoms with van der Waals surface area (Å²) < 4.78 is 27.6. The van der Waals surface area contributed by atoms with Gasteiger partial charge in [-0.1, -0.05) is 12.1 Å². The number of methoxy groups -OCH3 is 1. The second-order valence-corrected chi connectivity index (χ2v) is 8.64. The monoisotopic (exact) mass is 382 g/mol. The largest absolute Gasteiger partial charge is 0.453 e. The molecule has 1 heterocycles. The van der Waals surface area contributed by atoms with Crippen LogP contribution < -0.4 is 5.32 Å². The van der Waals surface area contributed by atoms with Gasteiger partial charge in [0.25, 0.3) is 0 Å². The van der Waals surface area contributed by atoms with E-state index in [2.05, 4.69) is 5.32 Å². The minimum Gasteiger partial charge on any atom is -0.453 e. The summed E-state index contributed by atoms with van der Waals surface area (Å²) in [7, 11) is -1.82. The zero-order chi connectivity index (χ0) is 19.2. The van der Waals surface area contributed by atoms with Crippen molar-refractivity contribution in [3.05, 3.63) is 29.8 Å². The Morgan fingerprint density at radius 2 is 1.81 bits per heavy atom. The highest BCUT2D eigenvalue weighted by molar-refractivity contribution is 7.90. The first-order valence-corrected chi connectivity index (χ1v) is 10.6. The summed E-state index contributed by atoms with van der Waals surface area (Å²) in [4.78, 5) is 25.4. The van der Waals surface area contributed by atoms with E-state index in [-0.39, 0.29) is 16.9 Å². The molecule has 1 fully saturated rings. The van der Waals surface area contributed by atoms with Gasteiger partial charge in [0.1, 0.15) is 0 Å². The van der Waals surface area contributed by atoms with Gasteiger partial charge < -0.3 is 15.0 Å². The highest BCUT2D eigenvalue weighted by Gasteiger charge is 2.23. The molecule has 0 unspecified atom stereocenters. The molecule has 1 N–H and O–H groups in total. The molecule has 0 aromatic heterocycles. The van der Waals surface area contributed by atoms with Crippen molar-refractivity contribution in [2.24, 2.45) is 5.92 Å². The second kappa shape index (κ2) is 9.02. The average molecular weight is 382 g/mol. The van der Waals surface area contributed by atoms with Gasteiger partial charge in [-0.15, -0.1) is 0 Å². The van der Waals surface area contributed by atoms with Gasteiger partial charge >= 0.3 is 6.09 Å².